The molecule has 6 nitrogen and oxygen atoms in total. The van der Waals surface area contributed by atoms with Crippen LogP contribution in [-0.2, 0) is 11.3 Å². The Hall–Kier alpha value is -2.70. The first kappa shape index (κ1) is 14.9. The minimum atomic E-state index is -0.394. The summed E-state index contributed by atoms with van der Waals surface area (Å²) in [6, 6.07) is 1.48. The summed E-state index contributed by atoms with van der Waals surface area (Å²) in [7, 11) is 0. The number of hydrogen-bond donors (Lipinski definition) is 0. The van der Waals surface area contributed by atoms with Crippen molar-refractivity contribution in [3.63, 3.8) is 0 Å². The van der Waals surface area contributed by atoms with Crippen molar-refractivity contribution in [3.8, 4) is 0 Å². The van der Waals surface area contributed by atoms with Crippen molar-refractivity contribution in [1.82, 2.24) is 19.2 Å². The topological polar surface area (TPSA) is 61.4 Å². The molecule has 1 saturated carbocycles. The monoisotopic (exact) mass is 328 g/mol. The van der Waals surface area contributed by atoms with Crippen molar-refractivity contribution in [2.24, 2.45) is 0 Å². The van der Waals surface area contributed by atoms with E-state index in [4.69, 9.17) is 4.74 Å². The number of hydrogen-bond acceptors (Lipinski definition) is 4. The number of carbonyl (C=O) groups is 1. The summed E-state index contributed by atoms with van der Waals surface area (Å²) in [5.41, 5.74) is 2.49. The van der Waals surface area contributed by atoms with E-state index in [1.54, 1.807) is 17.8 Å². The van der Waals surface area contributed by atoms with Crippen LogP contribution in [0.3, 0.4) is 0 Å². The molecule has 0 N–H and O–H groups in total. The lowest BCUT2D eigenvalue weighted by Crippen LogP contribution is -2.04. The first-order valence-electron chi connectivity index (χ1n) is 8.00. The molecule has 0 unspecified atom stereocenters. The lowest BCUT2D eigenvalue weighted by Gasteiger charge is -2.01. The Morgan fingerprint density at radius 3 is 2.96 bits per heavy atom. The summed E-state index contributed by atoms with van der Waals surface area (Å²) in [6.07, 6.45) is 8.89. The summed E-state index contributed by atoms with van der Waals surface area (Å²) >= 11 is 0. The van der Waals surface area contributed by atoms with Crippen LogP contribution in [-0.4, -0.2) is 31.7 Å². The zero-order valence-electron chi connectivity index (χ0n) is 13.3. The van der Waals surface area contributed by atoms with Gasteiger partial charge in [0.05, 0.1) is 30.6 Å². The van der Waals surface area contributed by atoms with Gasteiger partial charge in [0.15, 0.2) is 0 Å². The third-order valence-corrected chi connectivity index (χ3v) is 4.11. The second-order valence-electron chi connectivity index (χ2n) is 6.00. The van der Waals surface area contributed by atoms with Crippen LogP contribution in [0.15, 0.2) is 30.9 Å². The van der Waals surface area contributed by atoms with E-state index in [2.05, 4.69) is 10.1 Å². The van der Waals surface area contributed by atoms with E-state index in [1.807, 2.05) is 16.8 Å². The van der Waals surface area contributed by atoms with Crippen molar-refractivity contribution in [1.29, 1.82) is 0 Å². The van der Waals surface area contributed by atoms with Gasteiger partial charge in [-0.1, -0.05) is 0 Å². The molecule has 3 heterocycles. The van der Waals surface area contributed by atoms with Crippen LogP contribution < -0.4 is 0 Å². The van der Waals surface area contributed by atoms with E-state index >= 15 is 0 Å². The van der Waals surface area contributed by atoms with Crippen molar-refractivity contribution in [2.75, 3.05) is 6.61 Å². The lowest BCUT2D eigenvalue weighted by atomic mass is 10.2. The number of pyridine rings is 1. The number of imidazole rings is 1. The number of nitrogens with zero attached hydrogens (tertiary/aromatic N) is 4. The van der Waals surface area contributed by atoms with Crippen LogP contribution in [0, 0.1) is 5.82 Å². The molecule has 0 aliphatic heterocycles. The number of fused-ring (bicyclic) bond motifs is 1. The first-order valence-corrected chi connectivity index (χ1v) is 8.00. The molecule has 4 rings (SSSR count). The lowest BCUT2D eigenvalue weighted by molar-refractivity contribution is 0.0526. The van der Waals surface area contributed by atoms with Gasteiger partial charge in [0.25, 0.3) is 0 Å². The number of halogens is 1. The Morgan fingerprint density at radius 1 is 1.38 bits per heavy atom. The molecule has 0 spiro atoms. The summed E-state index contributed by atoms with van der Waals surface area (Å²) in [5, 5.41) is 4.15. The number of ether oxygens (including phenoxy) is 1. The minimum absolute atomic E-state index is 0.189. The number of rotatable bonds is 5. The van der Waals surface area contributed by atoms with Gasteiger partial charge in [0.1, 0.15) is 11.5 Å². The van der Waals surface area contributed by atoms with E-state index in [0.717, 1.165) is 24.1 Å². The van der Waals surface area contributed by atoms with Crippen molar-refractivity contribution in [3.05, 3.63) is 53.5 Å². The van der Waals surface area contributed by atoms with Crippen LogP contribution in [0.5, 0.6) is 0 Å². The fraction of sp³-hybridized carbons (Fsp3) is 0.353. The summed E-state index contributed by atoms with van der Waals surface area (Å²) in [6.45, 7) is 2.49. The number of carbonyl (C=O) groups excluding carboxylic acids is 1. The molecule has 3 aromatic heterocycles. The van der Waals surface area contributed by atoms with E-state index < -0.39 is 5.97 Å². The number of aromatic nitrogens is 4. The van der Waals surface area contributed by atoms with Gasteiger partial charge in [-0.25, -0.2) is 14.2 Å². The van der Waals surface area contributed by atoms with Crippen LogP contribution in [0.1, 0.15) is 47.3 Å². The second-order valence-corrected chi connectivity index (χ2v) is 6.00. The summed E-state index contributed by atoms with van der Waals surface area (Å²) < 4.78 is 22.5. The standard InChI is InChI=1S/C17H17FN4O2/c1-2-24-17(23)12-6-19-22(7-12)9-13-8-21-10-14(11-3-4-11)15(18)5-16(21)20-13/h5-8,10-11H,2-4,9H2,1H3. The highest BCUT2D eigenvalue weighted by molar-refractivity contribution is 5.88. The molecule has 0 atom stereocenters. The first-order chi connectivity index (χ1) is 11.6. The molecule has 0 saturated heterocycles. The third kappa shape index (κ3) is 2.77. The van der Waals surface area contributed by atoms with E-state index in [9.17, 15) is 9.18 Å². The van der Waals surface area contributed by atoms with Crippen LogP contribution in [0.2, 0.25) is 0 Å². The predicted molar refractivity (Wildman–Crippen MR) is 84.4 cm³/mol. The Labute approximate surface area is 137 Å². The molecule has 1 aliphatic rings. The van der Waals surface area contributed by atoms with Gasteiger partial charge in [0.2, 0.25) is 0 Å². The molecule has 0 aromatic carbocycles. The highest BCUT2D eigenvalue weighted by atomic mass is 19.1. The van der Waals surface area contributed by atoms with Gasteiger partial charge >= 0.3 is 5.97 Å². The Bertz CT molecular complexity index is 911. The summed E-state index contributed by atoms with van der Waals surface area (Å²) in [4.78, 5) is 16.1. The largest absolute Gasteiger partial charge is 0.462 e. The van der Waals surface area contributed by atoms with E-state index in [-0.39, 0.29) is 5.82 Å². The summed E-state index contributed by atoms with van der Waals surface area (Å²) in [5.74, 6) is -0.237. The molecule has 1 aliphatic carbocycles. The molecule has 0 amide bonds. The smallest absolute Gasteiger partial charge is 0.341 e. The molecule has 7 heteroatoms. The Morgan fingerprint density at radius 2 is 2.21 bits per heavy atom. The van der Waals surface area contributed by atoms with Crippen molar-refractivity contribution < 1.29 is 13.9 Å². The van der Waals surface area contributed by atoms with Gasteiger partial charge in [-0.15, -0.1) is 0 Å². The normalized spacial score (nSPS) is 14.2. The number of esters is 1. The third-order valence-electron chi connectivity index (χ3n) is 4.11. The van der Waals surface area contributed by atoms with Crippen molar-refractivity contribution >= 4 is 11.6 Å². The molecular weight excluding hydrogens is 311 g/mol. The van der Waals surface area contributed by atoms with Crippen LogP contribution in [0.4, 0.5) is 4.39 Å². The second kappa shape index (κ2) is 5.74. The Balaban J connectivity index is 1.57. The predicted octanol–water partition coefficient (Wildman–Crippen LogP) is 2.77. The van der Waals surface area contributed by atoms with Gasteiger partial charge < -0.3 is 9.14 Å². The average molecular weight is 328 g/mol. The van der Waals surface area contributed by atoms with E-state index in [1.165, 1.54) is 12.3 Å². The van der Waals surface area contributed by atoms with E-state index in [0.29, 0.717) is 30.3 Å². The molecule has 3 aromatic rings. The minimum Gasteiger partial charge on any atom is -0.462 e. The molecule has 24 heavy (non-hydrogen) atoms. The molecule has 124 valence electrons. The molecule has 0 radical (unpaired) electrons. The maximum Gasteiger partial charge on any atom is 0.341 e. The quantitative estimate of drug-likeness (QED) is 0.676. The van der Waals surface area contributed by atoms with Gasteiger partial charge in [-0.2, -0.15) is 5.10 Å². The SMILES string of the molecule is CCOC(=O)c1cnn(Cc2cn3cc(C4CC4)c(F)cc3n2)c1. The molecule has 0 bridgehead atoms. The Kier molecular flexibility index (Phi) is 3.55. The van der Waals surface area contributed by atoms with Gasteiger partial charge in [-0.05, 0) is 25.7 Å². The fourth-order valence-corrected chi connectivity index (χ4v) is 2.79. The van der Waals surface area contributed by atoms with Gasteiger partial charge in [-0.3, -0.25) is 4.68 Å². The maximum atomic E-state index is 14.1. The average Bonchev–Trinajstić information content (AvgIpc) is 3.16. The van der Waals surface area contributed by atoms with Crippen molar-refractivity contribution in [2.45, 2.75) is 32.2 Å². The zero-order chi connectivity index (χ0) is 16.7. The fourth-order valence-electron chi connectivity index (χ4n) is 2.79. The molecule has 1 fully saturated rings. The highest BCUT2D eigenvalue weighted by Gasteiger charge is 2.27. The zero-order valence-corrected chi connectivity index (χ0v) is 13.3. The molecular formula is C17H17FN4O2. The van der Waals surface area contributed by atoms with Gasteiger partial charge in [0, 0.05) is 30.2 Å². The maximum absolute atomic E-state index is 14.1. The van der Waals surface area contributed by atoms with Crippen LogP contribution >= 0.6 is 0 Å². The highest BCUT2D eigenvalue weighted by Crippen LogP contribution is 2.41. The van der Waals surface area contributed by atoms with Crippen LogP contribution in [0.25, 0.3) is 5.65 Å².